The fraction of sp³-hybridized carbons (Fsp3) is 0.438. The molecule has 1 aromatic carbocycles. The summed E-state index contributed by atoms with van der Waals surface area (Å²) in [6, 6.07) is 7.76. The number of aliphatic hydroxyl groups excluding tert-OH is 2. The lowest BCUT2D eigenvalue weighted by molar-refractivity contribution is 0.254. The van der Waals surface area contributed by atoms with Crippen molar-refractivity contribution in [3.8, 4) is 0 Å². The van der Waals surface area contributed by atoms with Gasteiger partial charge in [-0.2, -0.15) is 5.10 Å². The molecule has 124 valence electrons. The number of rotatable bonds is 7. The number of aliphatic hydroxyl groups is 2. The topological polar surface area (TPSA) is 95.5 Å². The molecule has 0 atom stereocenters. The third-order valence-corrected chi connectivity index (χ3v) is 3.68. The van der Waals surface area contributed by atoms with Gasteiger partial charge in [0.05, 0.1) is 25.4 Å². The predicted octanol–water partition coefficient (Wildman–Crippen LogP) is 1.24. The molecule has 0 saturated heterocycles. The first-order valence-corrected chi connectivity index (χ1v) is 7.74. The monoisotopic (exact) mass is 317 g/mol. The van der Waals surface area contributed by atoms with Crippen molar-refractivity contribution in [2.24, 2.45) is 10.1 Å². The van der Waals surface area contributed by atoms with Crippen LogP contribution in [0.3, 0.4) is 0 Å². The van der Waals surface area contributed by atoms with Crippen LogP contribution in [0.5, 0.6) is 0 Å². The van der Waals surface area contributed by atoms with Crippen LogP contribution < -0.4 is 4.90 Å². The van der Waals surface area contributed by atoms with E-state index in [4.69, 9.17) is 10.5 Å². The predicted molar refractivity (Wildman–Crippen MR) is 93.1 cm³/mol. The van der Waals surface area contributed by atoms with Crippen molar-refractivity contribution in [1.29, 1.82) is 5.41 Å². The van der Waals surface area contributed by atoms with Crippen molar-refractivity contribution >= 4 is 28.6 Å². The summed E-state index contributed by atoms with van der Waals surface area (Å²) in [5.74, 6) is 0.0934. The van der Waals surface area contributed by atoms with E-state index in [-0.39, 0.29) is 25.6 Å². The van der Waals surface area contributed by atoms with E-state index in [1.165, 1.54) is 5.01 Å². The zero-order chi connectivity index (χ0) is 16.8. The molecule has 0 aliphatic carbocycles. The number of aliphatic imine (C=N–C) groups is 1. The van der Waals surface area contributed by atoms with E-state index in [1.807, 2.05) is 24.3 Å². The van der Waals surface area contributed by atoms with E-state index in [0.29, 0.717) is 17.1 Å². The molecule has 0 radical (unpaired) electrons. The fourth-order valence-corrected chi connectivity index (χ4v) is 2.44. The summed E-state index contributed by atoms with van der Waals surface area (Å²) < 4.78 is 0. The number of nitrogens with zero attached hydrogens (tertiary/aromatic N) is 4. The molecule has 1 aliphatic rings. The average Bonchev–Trinajstić information content (AvgIpc) is 2.87. The van der Waals surface area contributed by atoms with Crippen molar-refractivity contribution < 1.29 is 10.2 Å². The zero-order valence-corrected chi connectivity index (χ0v) is 13.5. The molecule has 0 aromatic heterocycles. The van der Waals surface area contributed by atoms with Crippen LogP contribution in [0.15, 0.2) is 34.4 Å². The highest BCUT2D eigenvalue weighted by molar-refractivity contribution is 6.70. The second-order valence-electron chi connectivity index (χ2n) is 5.05. The van der Waals surface area contributed by atoms with Crippen LogP contribution in [0.25, 0.3) is 0 Å². The van der Waals surface area contributed by atoms with Gasteiger partial charge in [0, 0.05) is 18.8 Å². The molecular formula is C16H23N5O2. The Balaban J connectivity index is 2.24. The first-order valence-electron chi connectivity index (χ1n) is 7.74. The molecule has 1 aromatic rings. The Morgan fingerprint density at radius 1 is 1.17 bits per heavy atom. The third-order valence-electron chi connectivity index (χ3n) is 3.68. The van der Waals surface area contributed by atoms with Gasteiger partial charge in [-0.05, 0) is 38.1 Å². The molecule has 2 rings (SSSR count). The molecule has 0 amide bonds. The van der Waals surface area contributed by atoms with Gasteiger partial charge in [-0.3, -0.25) is 5.41 Å². The summed E-state index contributed by atoms with van der Waals surface area (Å²) in [5.41, 5.74) is 2.51. The lowest BCUT2D eigenvalue weighted by atomic mass is 10.2. The number of hydrogen-bond donors (Lipinski definition) is 3. The Morgan fingerprint density at radius 3 is 2.35 bits per heavy atom. The number of nitrogens with one attached hydrogen (secondary N) is 1. The molecule has 1 aliphatic heterocycles. The van der Waals surface area contributed by atoms with Crippen molar-refractivity contribution in [3.05, 3.63) is 24.3 Å². The lowest BCUT2D eigenvalue weighted by Gasteiger charge is -2.20. The minimum atomic E-state index is -0.291. The summed E-state index contributed by atoms with van der Waals surface area (Å²) in [6.07, 6.45) is 0. The Kier molecular flexibility index (Phi) is 5.84. The van der Waals surface area contributed by atoms with Gasteiger partial charge in [-0.15, -0.1) is 0 Å². The van der Waals surface area contributed by atoms with Gasteiger partial charge in [-0.25, -0.2) is 10.0 Å². The van der Waals surface area contributed by atoms with Crippen molar-refractivity contribution in [2.75, 3.05) is 37.7 Å². The summed E-state index contributed by atoms with van der Waals surface area (Å²) in [7, 11) is 0. The van der Waals surface area contributed by atoms with Gasteiger partial charge < -0.3 is 15.1 Å². The normalized spacial score (nSPS) is 16.2. The van der Waals surface area contributed by atoms with E-state index >= 15 is 0 Å². The van der Waals surface area contributed by atoms with Crippen LogP contribution >= 0.6 is 0 Å². The number of hydrazone groups is 1. The molecule has 23 heavy (non-hydrogen) atoms. The summed E-state index contributed by atoms with van der Waals surface area (Å²) in [4.78, 5) is 6.67. The lowest BCUT2D eigenvalue weighted by Crippen LogP contribution is -2.29. The third kappa shape index (κ3) is 3.75. The van der Waals surface area contributed by atoms with Crippen LogP contribution in [-0.4, -0.2) is 65.3 Å². The van der Waals surface area contributed by atoms with Crippen LogP contribution in [0.1, 0.15) is 13.8 Å². The average molecular weight is 317 g/mol. The number of anilines is 1. The van der Waals surface area contributed by atoms with Crippen LogP contribution in [-0.2, 0) is 0 Å². The number of amidine groups is 1. The molecular weight excluding hydrogens is 294 g/mol. The second kappa shape index (κ2) is 7.85. The van der Waals surface area contributed by atoms with Crippen LogP contribution in [0, 0.1) is 5.41 Å². The molecule has 7 heteroatoms. The maximum absolute atomic E-state index is 9.39. The Bertz CT molecular complexity index is 605. The van der Waals surface area contributed by atoms with Gasteiger partial charge in [0.2, 0.25) is 0 Å². The molecule has 0 fully saturated rings. The molecule has 0 spiro atoms. The zero-order valence-electron chi connectivity index (χ0n) is 13.5. The highest BCUT2D eigenvalue weighted by Crippen LogP contribution is 2.21. The quantitative estimate of drug-likeness (QED) is 0.705. The Labute approximate surface area is 136 Å². The van der Waals surface area contributed by atoms with E-state index < -0.39 is 0 Å². The fourth-order valence-electron chi connectivity index (χ4n) is 2.44. The van der Waals surface area contributed by atoms with Gasteiger partial charge in [-0.1, -0.05) is 0 Å². The Hall–Kier alpha value is -2.25. The largest absolute Gasteiger partial charge is 0.394 e. The molecule has 0 unspecified atom stereocenters. The van der Waals surface area contributed by atoms with Crippen LogP contribution in [0.2, 0.25) is 0 Å². The second-order valence-corrected chi connectivity index (χ2v) is 5.05. The number of hydrogen-bond acceptors (Lipinski definition) is 6. The van der Waals surface area contributed by atoms with Gasteiger partial charge in [0.25, 0.3) is 0 Å². The summed E-state index contributed by atoms with van der Waals surface area (Å²) >= 11 is 0. The summed E-state index contributed by atoms with van der Waals surface area (Å²) in [5, 5.41) is 31.9. The maximum Gasteiger partial charge on any atom is 0.169 e. The summed E-state index contributed by atoms with van der Waals surface area (Å²) in [6.45, 7) is 5.90. The van der Waals surface area contributed by atoms with E-state index in [2.05, 4.69) is 28.8 Å². The highest BCUT2D eigenvalue weighted by atomic mass is 16.3. The van der Waals surface area contributed by atoms with E-state index in [1.54, 1.807) is 0 Å². The van der Waals surface area contributed by atoms with Crippen LogP contribution in [0.4, 0.5) is 11.4 Å². The van der Waals surface area contributed by atoms with Crippen molar-refractivity contribution in [1.82, 2.24) is 5.01 Å². The maximum atomic E-state index is 9.39. The van der Waals surface area contributed by atoms with Gasteiger partial charge in [0.1, 0.15) is 11.4 Å². The van der Waals surface area contributed by atoms with E-state index in [0.717, 1.165) is 18.8 Å². The van der Waals surface area contributed by atoms with Crippen molar-refractivity contribution in [3.63, 3.8) is 0 Å². The molecule has 3 N–H and O–H groups in total. The smallest absolute Gasteiger partial charge is 0.169 e. The molecule has 0 saturated carbocycles. The molecule has 1 heterocycles. The number of β-amino-alcohol motifs (C(OH)–C–C–N with tert-alkyl or cyclic N) is 1. The van der Waals surface area contributed by atoms with Gasteiger partial charge >= 0.3 is 0 Å². The van der Waals surface area contributed by atoms with Gasteiger partial charge in [0.15, 0.2) is 5.84 Å². The Morgan fingerprint density at radius 2 is 1.83 bits per heavy atom. The highest BCUT2D eigenvalue weighted by Gasteiger charge is 2.27. The van der Waals surface area contributed by atoms with Crippen molar-refractivity contribution in [2.45, 2.75) is 13.8 Å². The first kappa shape index (κ1) is 17.1. The first-order chi connectivity index (χ1) is 11.1. The molecule has 7 nitrogen and oxygen atoms in total. The minimum Gasteiger partial charge on any atom is -0.394 e. The SMILES string of the molecule is CCN(CC)c1ccc(N=C2C(=N)N(CCO)N=C2CO)cc1. The number of benzene rings is 1. The standard InChI is InChI=1S/C16H23N5O2/c1-3-20(4-2)13-7-5-12(6-8-13)18-15-14(11-23)19-21(9-10-22)16(15)17/h5-8,17,22-23H,3-4,9-11H2,1-2H3. The van der Waals surface area contributed by atoms with E-state index in [9.17, 15) is 5.11 Å². The molecule has 0 bridgehead atoms. The minimum absolute atomic E-state index is 0.0934.